The number of methoxy groups -OCH3 is 1. The van der Waals surface area contributed by atoms with E-state index in [-0.39, 0.29) is 5.91 Å². The van der Waals surface area contributed by atoms with Crippen LogP contribution in [0.5, 0.6) is 0 Å². The summed E-state index contributed by atoms with van der Waals surface area (Å²) in [5.41, 5.74) is 0.911. The van der Waals surface area contributed by atoms with Crippen molar-refractivity contribution in [1.82, 2.24) is 4.90 Å². The lowest BCUT2D eigenvalue weighted by Crippen LogP contribution is -2.35. The van der Waals surface area contributed by atoms with E-state index in [2.05, 4.69) is 0 Å². The fourth-order valence-corrected chi connectivity index (χ4v) is 1.76. The number of hydrogen-bond donors (Lipinski definition) is 0. The summed E-state index contributed by atoms with van der Waals surface area (Å²) in [5, 5.41) is 9.26. The molecule has 4 nitrogen and oxygen atoms in total. The van der Waals surface area contributed by atoms with Crippen LogP contribution in [0.15, 0.2) is 24.3 Å². The highest BCUT2D eigenvalue weighted by Crippen LogP contribution is 2.11. The van der Waals surface area contributed by atoms with Gasteiger partial charge in [0.25, 0.3) is 0 Å². The predicted octanol–water partition coefficient (Wildman–Crippen LogP) is 2.27. The van der Waals surface area contributed by atoms with Crippen molar-refractivity contribution in [2.75, 3.05) is 26.8 Å². The van der Waals surface area contributed by atoms with Gasteiger partial charge in [-0.2, -0.15) is 5.26 Å². The molecule has 0 bridgehead atoms. The van der Waals surface area contributed by atoms with Crippen LogP contribution in [-0.2, 0) is 16.0 Å². The number of amides is 1. The lowest BCUT2D eigenvalue weighted by atomic mass is 10.1. The van der Waals surface area contributed by atoms with Gasteiger partial charge < -0.3 is 9.64 Å². The van der Waals surface area contributed by atoms with Crippen LogP contribution in [0.2, 0.25) is 5.02 Å². The normalized spacial score (nSPS) is 9.95. The SMILES string of the molecule is COCCN(CCC#N)C(=O)Cc1ccc(Cl)cc1. The van der Waals surface area contributed by atoms with Gasteiger partial charge in [0.1, 0.15) is 0 Å². The van der Waals surface area contributed by atoms with Crippen LogP contribution in [0, 0.1) is 11.3 Å². The van der Waals surface area contributed by atoms with Crippen molar-refractivity contribution in [1.29, 1.82) is 5.26 Å². The minimum Gasteiger partial charge on any atom is -0.383 e. The van der Waals surface area contributed by atoms with Crippen LogP contribution in [0.1, 0.15) is 12.0 Å². The first-order valence-corrected chi connectivity index (χ1v) is 6.43. The molecule has 5 heteroatoms. The number of nitriles is 1. The molecular formula is C14H17ClN2O2. The molecule has 102 valence electrons. The Morgan fingerprint density at radius 1 is 1.37 bits per heavy atom. The third-order valence-corrected chi connectivity index (χ3v) is 2.93. The van der Waals surface area contributed by atoms with E-state index >= 15 is 0 Å². The van der Waals surface area contributed by atoms with Gasteiger partial charge in [0.15, 0.2) is 0 Å². The lowest BCUT2D eigenvalue weighted by molar-refractivity contribution is -0.131. The highest BCUT2D eigenvalue weighted by Gasteiger charge is 2.13. The highest BCUT2D eigenvalue weighted by atomic mass is 35.5. The Morgan fingerprint density at radius 2 is 2.05 bits per heavy atom. The number of hydrogen-bond acceptors (Lipinski definition) is 3. The third-order valence-electron chi connectivity index (χ3n) is 2.68. The monoisotopic (exact) mass is 280 g/mol. The summed E-state index contributed by atoms with van der Waals surface area (Å²) in [6.07, 6.45) is 0.641. The molecule has 1 rings (SSSR count). The van der Waals surface area contributed by atoms with Gasteiger partial charge in [0, 0.05) is 25.2 Å². The summed E-state index contributed by atoms with van der Waals surface area (Å²) in [6, 6.07) is 9.24. The first kappa shape index (κ1) is 15.5. The smallest absolute Gasteiger partial charge is 0.227 e. The zero-order valence-corrected chi connectivity index (χ0v) is 11.7. The Morgan fingerprint density at radius 3 is 2.63 bits per heavy atom. The van der Waals surface area contributed by atoms with Gasteiger partial charge in [-0.3, -0.25) is 4.79 Å². The first-order valence-electron chi connectivity index (χ1n) is 6.05. The Hall–Kier alpha value is -1.57. The number of ether oxygens (including phenoxy) is 1. The van der Waals surface area contributed by atoms with Crippen molar-refractivity contribution >= 4 is 17.5 Å². The second-order valence-electron chi connectivity index (χ2n) is 4.08. The van der Waals surface area contributed by atoms with Gasteiger partial charge in [-0.15, -0.1) is 0 Å². The Bertz CT molecular complexity index is 440. The van der Waals surface area contributed by atoms with E-state index < -0.39 is 0 Å². The molecule has 0 saturated heterocycles. The summed E-state index contributed by atoms with van der Waals surface area (Å²) in [4.78, 5) is 13.8. The summed E-state index contributed by atoms with van der Waals surface area (Å²) in [5.74, 6) is -0.00498. The molecule has 1 aromatic carbocycles. The standard InChI is InChI=1S/C14H17ClN2O2/c1-19-10-9-17(8-2-7-16)14(18)11-12-3-5-13(15)6-4-12/h3-6H,2,8-11H2,1H3. The number of nitrogens with zero attached hydrogens (tertiary/aromatic N) is 2. The fraction of sp³-hybridized carbons (Fsp3) is 0.429. The largest absolute Gasteiger partial charge is 0.383 e. The van der Waals surface area contributed by atoms with Crippen molar-refractivity contribution in [2.24, 2.45) is 0 Å². The Kier molecular flexibility index (Phi) is 6.94. The number of halogens is 1. The van der Waals surface area contributed by atoms with Gasteiger partial charge in [-0.25, -0.2) is 0 Å². The van der Waals surface area contributed by atoms with E-state index in [0.717, 1.165) is 5.56 Å². The number of benzene rings is 1. The van der Waals surface area contributed by atoms with Crippen LogP contribution in [0.4, 0.5) is 0 Å². The van der Waals surface area contributed by atoms with E-state index in [1.54, 1.807) is 24.1 Å². The van der Waals surface area contributed by atoms with E-state index in [4.69, 9.17) is 21.6 Å². The predicted molar refractivity (Wildman–Crippen MR) is 73.8 cm³/mol. The van der Waals surface area contributed by atoms with Crippen molar-refractivity contribution in [3.63, 3.8) is 0 Å². The molecule has 0 aliphatic heterocycles. The minimum absolute atomic E-state index is 0.00498. The van der Waals surface area contributed by atoms with E-state index in [0.29, 0.717) is 37.6 Å². The van der Waals surface area contributed by atoms with E-state index in [1.807, 2.05) is 18.2 Å². The van der Waals surface area contributed by atoms with Crippen molar-refractivity contribution in [3.05, 3.63) is 34.9 Å². The average molecular weight is 281 g/mol. The lowest BCUT2D eigenvalue weighted by Gasteiger charge is -2.21. The van der Waals surface area contributed by atoms with Crippen LogP contribution < -0.4 is 0 Å². The summed E-state index contributed by atoms with van der Waals surface area (Å²) in [7, 11) is 1.59. The molecular weight excluding hydrogens is 264 g/mol. The summed E-state index contributed by atoms with van der Waals surface area (Å²) < 4.78 is 4.97. The van der Waals surface area contributed by atoms with Crippen LogP contribution >= 0.6 is 11.6 Å². The summed E-state index contributed by atoms with van der Waals surface area (Å²) >= 11 is 5.80. The molecule has 19 heavy (non-hydrogen) atoms. The summed E-state index contributed by atoms with van der Waals surface area (Å²) in [6.45, 7) is 1.41. The van der Waals surface area contributed by atoms with Crippen LogP contribution in [-0.4, -0.2) is 37.6 Å². The molecule has 0 spiro atoms. The molecule has 1 aromatic rings. The van der Waals surface area contributed by atoms with Crippen LogP contribution in [0.3, 0.4) is 0 Å². The zero-order valence-electron chi connectivity index (χ0n) is 10.9. The maximum atomic E-state index is 12.1. The molecule has 0 heterocycles. The molecule has 0 atom stereocenters. The molecule has 0 aliphatic carbocycles. The number of rotatable bonds is 7. The highest BCUT2D eigenvalue weighted by molar-refractivity contribution is 6.30. The molecule has 0 saturated carbocycles. The van der Waals surface area contributed by atoms with Gasteiger partial charge >= 0.3 is 0 Å². The second-order valence-corrected chi connectivity index (χ2v) is 4.52. The number of carbonyl (C=O) groups excluding carboxylic acids is 1. The van der Waals surface area contributed by atoms with Crippen molar-refractivity contribution in [3.8, 4) is 6.07 Å². The average Bonchev–Trinajstić information content (AvgIpc) is 2.41. The molecule has 0 aliphatic rings. The maximum Gasteiger partial charge on any atom is 0.227 e. The Labute approximate surface area is 118 Å². The Balaban J connectivity index is 2.59. The van der Waals surface area contributed by atoms with Crippen molar-refractivity contribution < 1.29 is 9.53 Å². The molecule has 0 fully saturated rings. The topological polar surface area (TPSA) is 53.3 Å². The molecule has 0 N–H and O–H groups in total. The molecule has 0 unspecified atom stereocenters. The van der Waals surface area contributed by atoms with Crippen LogP contribution in [0.25, 0.3) is 0 Å². The van der Waals surface area contributed by atoms with Gasteiger partial charge in [0.05, 0.1) is 25.5 Å². The van der Waals surface area contributed by atoms with Crippen molar-refractivity contribution in [2.45, 2.75) is 12.8 Å². The fourth-order valence-electron chi connectivity index (χ4n) is 1.64. The first-order chi connectivity index (χ1) is 9.17. The molecule has 1 amide bonds. The molecule has 0 aromatic heterocycles. The van der Waals surface area contributed by atoms with E-state index in [9.17, 15) is 4.79 Å². The third kappa shape index (κ3) is 5.73. The minimum atomic E-state index is -0.00498. The molecule has 0 radical (unpaired) electrons. The van der Waals surface area contributed by atoms with Gasteiger partial charge in [-0.05, 0) is 17.7 Å². The maximum absolute atomic E-state index is 12.1. The van der Waals surface area contributed by atoms with Gasteiger partial charge in [-0.1, -0.05) is 23.7 Å². The quantitative estimate of drug-likeness (QED) is 0.770. The number of carbonyl (C=O) groups is 1. The van der Waals surface area contributed by atoms with E-state index in [1.165, 1.54) is 0 Å². The zero-order chi connectivity index (χ0) is 14.1. The second kappa shape index (κ2) is 8.52. The van der Waals surface area contributed by atoms with Gasteiger partial charge in [0.2, 0.25) is 5.91 Å².